The van der Waals surface area contributed by atoms with Gasteiger partial charge in [-0.25, -0.2) is 0 Å². The van der Waals surface area contributed by atoms with Crippen molar-refractivity contribution in [2.45, 2.75) is 6.18 Å². The van der Waals surface area contributed by atoms with Crippen molar-refractivity contribution in [1.82, 2.24) is 13.7 Å². The number of fused-ring (bicyclic) bond motifs is 16. The Morgan fingerprint density at radius 2 is 0.797 bits per heavy atom. The van der Waals surface area contributed by atoms with E-state index < -0.39 is 11.7 Å². The standard InChI is InChI=1S/C55H31BF3N3O2/c57-55(58,59)32-15-14-18-34(29-32)61-42-25-10-5-20-37(42)48-52-49(36-19-4-9-24-41(36)60(52)33-16-2-1-3-17-33)54-50(53(48)61)38-21-6-11-26-43(38)62(54)35-30-46-51-47(31-35)64-45-28-13-8-23-40(45)56(51)39-22-7-12-27-44(39)63-46/h1-31H. The molecule has 0 saturated carbocycles. The molecule has 9 aromatic carbocycles. The highest BCUT2D eigenvalue weighted by atomic mass is 19.4. The van der Waals surface area contributed by atoms with Gasteiger partial charge in [-0.15, -0.1) is 0 Å². The van der Waals surface area contributed by atoms with Crippen molar-refractivity contribution < 1.29 is 22.6 Å². The lowest BCUT2D eigenvalue weighted by Crippen LogP contribution is -2.57. The molecule has 0 bridgehead atoms. The third kappa shape index (κ3) is 4.70. The summed E-state index contributed by atoms with van der Waals surface area (Å²) in [6.07, 6.45) is -4.54. The molecule has 0 unspecified atom stereocenters. The average molecular weight is 834 g/mol. The molecule has 3 aromatic heterocycles. The van der Waals surface area contributed by atoms with Crippen LogP contribution in [0.4, 0.5) is 13.2 Å². The molecule has 12 aromatic rings. The Bertz CT molecular complexity index is 3910. The number of aromatic nitrogens is 3. The maximum absolute atomic E-state index is 14.6. The predicted octanol–water partition coefficient (Wildman–Crippen LogP) is 12.7. The molecule has 5 nitrogen and oxygen atoms in total. The molecule has 5 heterocycles. The van der Waals surface area contributed by atoms with Gasteiger partial charge in [-0.05, 0) is 71.6 Å². The first-order valence-electron chi connectivity index (χ1n) is 21.3. The van der Waals surface area contributed by atoms with E-state index in [1.54, 1.807) is 6.07 Å². The maximum Gasteiger partial charge on any atom is 0.416 e. The van der Waals surface area contributed by atoms with Gasteiger partial charge in [0.05, 0.1) is 44.4 Å². The molecule has 14 rings (SSSR count). The van der Waals surface area contributed by atoms with Crippen LogP contribution in [0.5, 0.6) is 23.0 Å². The number of benzene rings is 9. The fraction of sp³-hybridized carbons (Fsp3) is 0.0182. The lowest BCUT2D eigenvalue weighted by molar-refractivity contribution is -0.137. The highest BCUT2D eigenvalue weighted by Gasteiger charge is 2.41. The van der Waals surface area contributed by atoms with Crippen molar-refractivity contribution >= 4 is 88.5 Å². The van der Waals surface area contributed by atoms with Gasteiger partial charge in [-0.3, -0.25) is 0 Å². The summed E-state index contributed by atoms with van der Waals surface area (Å²) in [6.45, 7) is -0.0922. The summed E-state index contributed by atoms with van der Waals surface area (Å²) in [5, 5.41) is 5.82. The molecular weight excluding hydrogens is 802 g/mol. The highest BCUT2D eigenvalue weighted by Crippen LogP contribution is 2.51. The highest BCUT2D eigenvalue weighted by molar-refractivity contribution is 6.98. The predicted molar refractivity (Wildman–Crippen MR) is 252 cm³/mol. The van der Waals surface area contributed by atoms with Crippen molar-refractivity contribution in [2.24, 2.45) is 0 Å². The average Bonchev–Trinajstić information content (AvgIpc) is 3.97. The van der Waals surface area contributed by atoms with E-state index in [0.29, 0.717) is 17.2 Å². The number of ether oxygens (including phenoxy) is 2. The number of hydrogen-bond donors (Lipinski definition) is 0. The van der Waals surface area contributed by atoms with Gasteiger partial charge in [0, 0.05) is 61.3 Å². The van der Waals surface area contributed by atoms with Gasteiger partial charge in [0.15, 0.2) is 0 Å². The van der Waals surface area contributed by atoms with Crippen LogP contribution in [0.1, 0.15) is 5.56 Å². The molecule has 2 aliphatic heterocycles. The largest absolute Gasteiger partial charge is 0.458 e. The molecule has 0 spiro atoms. The Morgan fingerprint density at radius 1 is 0.375 bits per heavy atom. The van der Waals surface area contributed by atoms with Crippen LogP contribution >= 0.6 is 0 Å². The SMILES string of the molecule is FC(F)(F)c1cccc(-n2c3ccccc3c3c4c(c5ccccc5n4-c4ccccc4)c4c(c5ccccc5n4-c4cc5c6c(c4)Oc4ccccc4B6c4ccccc4O5)c32)c1. The van der Waals surface area contributed by atoms with Crippen LogP contribution in [-0.4, -0.2) is 20.4 Å². The molecule has 2 aliphatic rings. The van der Waals surface area contributed by atoms with E-state index in [1.807, 2.05) is 89.5 Å². The first-order valence-corrected chi connectivity index (χ1v) is 21.3. The number of alkyl halides is 3. The molecule has 0 fully saturated rings. The quantitative estimate of drug-likeness (QED) is 0.166. The van der Waals surface area contributed by atoms with Crippen LogP contribution in [0, 0.1) is 0 Å². The minimum Gasteiger partial charge on any atom is -0.458 e. The van der Waals surface area contributed by atoms with Crippen molar-refractivity contribution in [3.05, 3.63) is 194 Å². The smallest absolute Gasteiger partial charge is 0.416 e. The summed E-state index contributed by atoms with van der Waals surface area (Å²) in [5.41, 5.74) is 10.1. The van der Waals surface area contributed by atoms with Crippen LogP contribution in [0.25, 0.3) is 82.5 Å². The van der Waals surface area contributed by atoms with Gasteiger partial charge >= 0.3 is 6.18 Å². The molecule has 0 amide bonds. The van der Waals surface area contributed by atoms with Gasteiger partial charge in [0.1, 0.15) is 23.0 Å². The topological polar surface area (TPSA) is 33.2 Å². The minimum absolute atomic E-state index is 0.0922. The van der Waals surface area contributed by atoms with Gasteiger partial charge in [-0.1, -0.05) is 115 Å². The number of nitrogens with zero attached hydrogens (tertiary/aromatic N) is 3. The van der Waals surface area contributed by atoms with Gasteiger partial charge in [-0.2, -0.15) is 13.2 Å². The summed E-state index contributed by atoms with van der Waals surface area (Å²) < 4.78 is 64.2. The summed E-state index contributed by atoms with van der Waals surface area (Å²) in [4.78, 5) is 0. The van der Waals surface area contributed by atoms with E-state index in [9.17, 15) is 13.2 Å². The lowest BCUT2D eigenvalue weighted by atomic mass is 9.35. The van der Waals surface area contributed by atoms with Crippen LogP contribution in [0.15, 0.2) is 188 Å². The van der Waals surface area contributed by atoms with Crippen LogP contribution in [-0.2, 0) is 6.18 Å². The number of rotatable bonds is 3. The van der Waals surface area contributed by atoms with E-state index in [0.717, 1.165) is 111 Å². The van der Waals surface area contributed by atoms with Crippen molar-refractivity contribution in [1.29, 1.82) is 0 Å². The maximum atomic E-state index is 14.6. The summed E-state index contributed by atoms with van der Waals surface area (Å²) >= 11 is 0. The summed E-state index contributed by atoms with van der Waals surface area (Å²) in [5.74, 6) is 3.00. The van der Waals surface area contributed by atoms with Crippen LogP contribution in [0.3, 0.4) is 0 Å². The Labute approximate surface area is 363 Å². The van der Waals surface area contributed by atoms with Gasteiger partial charge in [0.2, 0.25) is 0 Å². The third-order valence-corrected chi connectivity index (χ3v) is 13.3. The molecule has 0 saturated heterocycles. The summed E-state index contributed by atoms with van der Waals surface area (Å²) in [7, 11) is 0. The fourth-order valence-electron chi connectivity index (χ4n) is 10.9. The first-order chi connectivity index (χ1) is 31.4. The van der Waals surface area contributed by atoms with Crippen molar-refractivity contribution in [2.75, 3.05) is 0 Å². The van der Waals surface area contributed by atoms with Crippen LogP contribution < -0.4 is 25.9 Å². The van der Waals surface area contributed by atoms with Crippen LogP contribution in [0.2, 0.25) is 0 Å². The first kappa shape index (κ1) is 35.4. The van der Waals surface area contributed by atoms with E-state index >= 15 is 0 Å². The molecule has 64 heavy (non-hydrogen) atoms. The molecule has 302 valence electrons. The Morgan fingerprint density at radius 3 is 1.31 bits per heavy atom. The second-order valence-electron chi connectivity index (χ2n) is 16.7. The Balaban J connectivity index is 1.21. The lowest BCUT2D eigenvalue weighted by Gasteiger charge is -2.33. The molecular formula is C55H31BF3N3O2. The monoisotopic (exact) mass is 833 g/mol. The molecule has 0 radical (unpaired) electrons. The fourth-order valence-corrected chi connectivity index (χ4v) is 10.9. The number of hydrogen-bond acceptors (Lipinski definition) is 2. The molecule has 9 heteroatoms. The Kier molecular flexibility index (Phi) is 7.03. The summed E-state index contributed by atoms with van der Waals surface area (Å²) in [6, 6.07) is 61.5. The third-order valence-electron chi connectivity index (χ3n) is 13.3. The number of halogens is 3. The minimum atomic E-state index is -4.54. The van der Waals surface area contributed by atoms with E-state index in [4.69, 9.17) is 9.47 Å². The molecule has 0 aliphatic carbocycles. The zero-order valence-electron chi connectivity index (χ0n) is 33.8. The second kappa shape index (κ2) is 12.7. The van der Waals surface area contributed by atoms with Crippen molar-refractivity contribution in [3.63, 3.8) is 0 Å². The molecule has 0 atom stereocenters. The van der Waals surface area contributed by atoms with E-state index in [2.05, 4.69) is 88.0 Å². The van der Waals surface area contributed by atoms with Gasteiger partial charge in [0.25, 0.3) is 6.71 Å². The number of para-hydroxylation sites is 6. The Hall–Kier alpha value is -8.17. The second-order valence-corrected chi connectivity index (χ2v) is 16.7. The van der Waals surface area contributed by atoms with E-state index in [-0.39, 0.29) is 6.71 Å². The van der Waals surface area contributed by atoms with E-state index in [1.165, 1.54) is 12.1 Å². The zero-order valence-corrected chi connectivity index (χ0v) is 33.8. The molecule has 0 N–H and O–H groups in total. The zero-order chi connectivity index (χ0) is 42.4. The van der Waals surface area contributed by atoms with Crippen molar-refractivity contribution in [3.8, 4) is 40.1 Å². The normalized spacial score (nSPS) is 13.1. The van der Waals surface area contributed by atoms with Gasteiger partial charge < -0.3 is 23.2 Å².